The number of hydrogen-bond acceptors (Lipinski definition) is 3. The van der Waals surface area contributed by atoms with Crippen molar-refractivity contribution in [3.8, 4) is 0 Å². The summed E-state index contributed by atoms with van der Waals surface area (Å²) in [4.78, 5) is 0. The van der Waals surface area contributed by atoms with Gasteiger partial charge >= 0.3 is 6.18 Å². The van der Waals surface area contributed by atoms with Gasteiger partial charge < -0.3 is 5.32 Å². The van der Waals surface area contributed by atoms with Crippen LogP contribution in [-0.4, -0.2) is 18.0 Å². The van der Waals surface area contributed by atoms with Crippen LogP contribution in [0.3, 0.4) is 0 Å². The predicted molar refractivity (Wildman–Crippen MR) is 65.7 cm³/mol. The van der Waals surface area contributed by atoms with Gasteiger partial charge in [-0.2, -0.15) is 13.2 Å². The molecule has 0 radical (unpaired) electrons. The van der Waals surface area contributed by atoms with E-state index in [0.29, 0.717) is 5.25 Å². The number of halogens is 3. The van der Waals surface area contributed by atoms with E-state index in [4.69, 9.17) is 0 Å². The number of nitrogens with one attached hydrogen (secondary N) is 1. The SMILES string of the molecule is C[C@H]1CC(NCCC(F)(F)F)c2ccsc2S1. The van der Waals surface area contributed by atoms with Crippen LogP contribution in [0.1, 0.15) is 31.4 Å². The Morgan fingerprint density at radius 2 is 2.24 bits per heavy atom. The average Bonchev–Trinajstić information content (AvgIpc) is 2.63. The van der Waals surface area contributed by atoms with Crippen molar-refractivity contribution in [3.05, 3.63) is 17.0 Å². The first-order valence-electron chi connectivity index (χ1n) is 5.50. The predicted octanol–water partition coefficient (Wildman–Crippen LogP) is 4.22. The Morgan fingerprint density at radius 3 is 2.94 bits per heavy atom. The molecule has 0 aliphatic carbocycles. The Morgan fingerprint density at radius 1 is 1.47 bits per heavy atom. The van der Waals surface area contributed by atoms with Gasteiger partial charge in [-0.3, -0.25) is 0 Å². The molecule has 1 nitrogen and oxygen atoms in total. The lowest BCUT2D eigenvalue weighted by atomic mass is 10.0. The zero-order chi connectivity index (χ0) is 12.5. The summed E-state index contributed by atoms with van der Waals surface area (Å²) in [6.45, 7) is 2.12. The van der Waals surface area contributed by atoms with Gasteiger partial charge in [-0.25, -0.2) is 0 Å². The van der Waals surface area contributed by atoms with Crippen molar-refractivity contribution >= 4 is 23.1 Å². The second-order valence-electron chi connectivity index (χ2n) is 4.20. The van der Waals surface area contributed by atoms with Crippen molar-refractivity contribution in [1.29, 1.82) is 0 Å². The summed E-state index contributed by atoms with van der Waals surface area (Å²) >= 11 is 3.49. The maximum absolute atomic E-state index is 12.1. The maximum atomic E-state index is 12.1. The third-order valence-electron chi connectivity index (χ3n) is 2.71. The molecule has 96 valence electrons. The molecule has 0 spiro atoms. The molecule has 0 fully saturated rings. The van der Waals surface area contributed by atoms with E-state index in [0.717, 1.165) is 6.42 Å². The Hall–Kier alpha value is -0.200. The van der Waals surface area contributed by atoms with Gasteiger partial charge in [-0.15, -0.1) is 23.1 Å². The van der Waals surface area contributed by atoms with Crippen molar-refractivity contribution in [3.63, 3.8) is 0 Å². The van der Waals surface area contributed by atoms with Crippen molar-refractivity contribution in [2.75, 3.05) is 6.54 Å². The van der Waals surface area contributed by atoms with Gasteiger partial charge in [-0.05, 0) is 23.4 Å². The lowest BCUT2D eigenvalue weighted by molar-refractivity contribution is -0.133. The summed E-state index contributed by atoms with van der Waals surface area (Å²) in [5.74, 6) is 0. The first kappa shape index (κ1) is 13.2. The van der Waals surface area contributed by atoms with E-state index < -0.39 is 12.6 Å². The molecular weight excluding hydrogens is 267 g/mol. The summed E-state index contributed by atoms with van der Waals surface area (Å²) in [6.07, 6.45) is -3.93. The average molecular weight is 281 g/mol. The fourth-order valence-electron chi connectivity index (χ4n) is 1.93. The topological polar surface area (TPSA) is 12.0 Å². The number of hydrogen-bond donors (Lipinski definition) is 1. The molecule has 1 aromatic heterocycles. The summed E-state index contributed by atoms with van der Waals surface area (Å²) in [6, 6.07) is 2.10. The Balaban J connectivity index is 1.94. The quantitative estimate of drug-likeness (QED) is 0.890. The molecule has 2 rings (SSSR count). The number of fused-ring (bicyclic) bond motifs is 1. The van der Waals surface area contributed by atoms with Crippen LogP contribution in [0.5, 0.6) is 0 Å². The van der Waals surface area contributed by atoms with Crippen molar-refractivity contribution in [1.82, 2.24) is 5.32 Å². The monoisotopic (exact) mass is 281 g/mol. The van der Waals surface area contributed by atoms with Crippen LogP contribution in [0.4, 0.5) is 13.2 Å². The van der Waals surface area contributed by atoms with Gasteiger partial charge in [0.1, 0.15) is 0 Å². The molecule has 0 saturated heterocycles. The number of alkyl halides is 3. The summed E-state index contributed by atoms with van der Waals surface area (Å²) in [7, 11) is 0. The van der Waals surface area contributed by atoms with E-state index in [1.807, 2.05) is 23.2 Å². The lowest BCUT2D eigenvalue weighted by Crippen LogP contribution is -2.29. The second kappa shape index (κ2) is 5.20. The molecule has 1 aliphatic heterocycles. The smallest absolute Gasteiger partial charge is 0.309 e. The molecule has 0 bridgehead atoms. The van der Waals surface area contributed by atoms with Crippen LogP contribution in [0.2, 0.25) is 0 Å². The minimum absolute atomic E-state index is 0.000833. The molecule has 17 heavy (non-hydrogen) atoms. The largest absolute Gasteiger partial charge is 0.390 e. The molecule has 2 atom stereocenters. The molecule has 2 heterocycles. The van der Waals surface area contributed by atoms with Crippen molar-refractivity contribution < 1.29 is 13.2 Å². The first-order chi connectivity index (χ1) is 7.96. The molecule has 0 amide bonds. The Kier molecular flexibility index (Phi) is 4.05. The fraction of sp³-hybridized carbons (Fsp3) is 0.636. The van der Waals surface area contributed by atoms with Gasteiger partial charge in [0, 0.05) is 17.8 Å². The third-order valence-corrected chi connectivity index (χ3v) is 5.05. The van der Waals surface area contributed by atoms with E-state index in [1.165, 1.54) is 9.77 Å². The molecule has 6 heteroatoms. The number of rotatable bonds is 3. The summed E-state index contributed by atoms with van der Waals surface area (Å²) in [5, 5.41) is 5.49. The lowest BCUT2D eigenvalue weighted by Gasteiger charge is -2.27. The zero-order valence-corrected chi connectivity index (χ0v) is 11.0. The normalized spacial score (nSPS) is 24.7. The minimum Gasteiger partial charge on any atom is -0.309 e. The second-order valence-corrected chi connectivity index (χ2v) is 6.82. The van der Waals surface area contributed by atoms with Crippen LogP contribution in [-0.2, 0) is 0 Å². The highest BCUT2D eigenvalue weighted by atomic mass is 32.2. The molecule has 1 aromatic rings. The third kappa shape index (κ3) is 3.63. The van der Waals surface area contributed by atoms with Crippen molar-refractivity contribution in [2.45, 2.75) is 41.4 Å². The molecule has 0 saturated carbocycles. The van der Waals surface area contributed by atoms with Gasteiger partial charge in [0.2, 0.25) is 0 Å². The number of thioether (sulfide) groups is 1. The first-order valence-corrected chi connectivity index (χ1v) is 7.26. The number of thiophene rings is 1. The van der Waals surface area contributed by atoms with Crippen LogP contribution < -0.4 is 5.32 Å². The fourth-order valence-corrected chi connectivity index (χ4v) is 4.50. The van der Waals surface area contributed by atoms with Crippen LogP contribution >= 0.6 is 23.1 Å². The molecule has 0 aromatic carbocycles. The molecule has 1 aliphatic rings. The molecule has 1 unspecified atom stereocenters. The molecular formula is C11H14F3NS2. The maximum Gasteiger partial charge on any atom is 0.390 e. The summed E-state index contributed by atoms with van der Waals surface area (Å²) in [5.41, 5.74) is 1.17. The highest BCUT2D eigenvalue weighted by Crippen LogP contribution is 2.43. The van der Waals surface area contributed by atoms with E-state index in [1.54, 1.807) is 11.3 Å². The van der Waals surface area contributed by atoms with E-state index in [9.17, 15) is 13.2 Å². The van der Waals surface area contributed by atoms with E-state index >= 15 is 0 Å². The molecule has 1 N–H and O–H groups in total. The Labute approximate surface area is 107 Å². The Bertz CT molecular complexity index is 375. The van der Waals surface area contributed by atoms with E-state index in [-0.39, 0.29) is 12.6 Å². The standard InChI is InChI=1S/C11H14F3NS2/c1-7-6-9(15-4-3-11(12,13)14)8-2-5-16-10(8)17-7/h2,5,7,9,15H,3-4,6H2,1H3/t7-,9?/m0/s1. The van der Waals surface area contributed by atoms with Crippen LogP contribution in [0, 0.1) is 0 Å². The van der Waals surface area contributed by atoms with Gasteiger partial charge in [0.05, 0.1) is 10.6 Å². The van der Waals surface area contributed by atoms with Gasteiger partial charge in [0.25, 0.3) is 0 Å². The zero-order valence-electron chi connectivity index (χ0n) is 9.38. The highest BCUT2D eigenvalue weighted by Gasteiger charge is 2.29. The van der Waals surface area contributed by atoms with Crippen molar-refractivity contribution in [2.24, 2.45) is 0 Å². The van der Waals surface area contributed by atoms with E-state index in [2.05, 4.69) is 12.2 Å². The van der Waals surface area contributed by atoms with Crippen LogP contribution in [0.15, 0.2) is 15.7 Å². The highest BCUT2D eigenvalue weighted by molar-refractivity contribution is 8.01. The van der Waals surface area contributed by atoms with Gasteiger partial charge in [-0.1, -0.05) is 6.92 Å². The van der Waals surface area contributed by atoms with Gasteiger partial charge in [0.15, 0.2) is 0 Å². The minimum atomic E-state index is -4.07. The summed E-state index contributed by atoms with van der Waals surface area (Å²) < 4.78 is 37.5. The van der Waals surface area contributed by atoms with Crippen LogP contribution in [0.25, 0.3) is 0 Å².